The highest BCUT2D eigenvalue weighted by molar-refractivity contribution is 5.87. The Kier molecular flexibility index (Phi) is 5.44. The van der Waals surface area contributed by atoms with E-state index in [1.54, 1.807) is 0 Å². The summed E-state index contributed by atoms with van der Waals surface area (Å²) in [6.07, 6.45) is 3.51. The van der Waals surface area contributed by atoms with Gasteiger partial charge in [-0.1, -0.05) is 75.4 Å². The van der Waals surface area contributed by atoms with Gasteiger partial charge in [-0.3, -0.25) is 9.59 Å². The third-order valence-corrected chi connectivity index (χ3v) is 6.28. The quantitative estimate of drug-likeness (QED) is 0.801. The smallest absolute Gasteiger partial charge is 0.228 e. The Morgan fingerprint density at radius 2 is 1.63 bits per heavy atom. The first-order chi connectivity index (χ1) is 14.3. The maximum Gasteiger partial charge on any atom is 0.228 e. The normalized spacial score (nSPS) is 21.5. The number of nitrogens with one attached hydrogen (secondary N) is 1. The summed E-state index contributed by atoms with van der Waals surface area (Å²) < 4.78 is 0. The predicted molar refractivity (Wildman–Crippen MR) is 120 cm³/mol. The second kappa shape index (κ2) is 7.90. The molecule has 2 aromatic carbocycles. The van der Waals surface area contributed by atoms with E-state index in [-0.39, 0.29) is 11.8 Å². The molecule has 0 unspecified atom stereocenters. The lowest BCUT2D eigenvalue weighted by Gasteiger charge is -2.30. The number of amides is 2. The van der Waals surface area contributed by atoms with E-state index in [2.05, 4.69) is 41.7 Å². The molecule has 158 valence electrons. The molecule has 0 aromatic heterocycles. The number of likely N-dealkylation sites (tertiary alicyclic amines) is 1. The monoisotopic (exact) mass is 404 g/mol. The number of nitrogens with zero attached hydrogens (tertiary/aromatic N) is 1. The van der Waals surface area contributed by atoms with Gasteiger partial charge in [-0.05, 0) is 42.4 Å². The van der Waals surface area contributed by atoms with Gasteiger partial charge in [0.05, 0.1) is 5.41 Å². The van der Waals surface area contributed by atoms with Gasteiger partial charge in [0.15, 0.2) is 0 Å². The van der Waals surface area contributed by atoms with Crippen molar-refractivity contribution in [3.63, 3.8) is 0 Å². The van der Waals surface area contributed by atoms with Crippen molar-refractivity contribution >= 4 is 11.8 Å². The van der Waals surface area contributed by atoms with Crippen molar-refractivity contribution in [2.45, 2.75) is 52.5 Å². The van der Waals surface area contributed by atoms with Gasteiger partial charge in [0.25, 0.3) is 0 Å². The zero-order valence-corrected chi connectivity index (χ0v) is 18.3. The molecular formula is C26H32N2O2. The molecule has 0 bridgehead atoms. The molecule has 1 heterocycles. The molecule has 1 aliphatic heterocycles. The van der Waals surface area contributed by atoms with Gasteiger partial charge in [0.2, 0.25) is 11.8 Å². The van der Waals surface area contributed by atoms with Gasteiger partial charge in [-0.2, -0.15) is 0 Å². The highest BCUT2D eigenvalue weighted by Gasteiger charge is 2.48. The fourth-order valence-corrected chi connectivity index (χ4v) is 4.33. The van der Waals surface area contributed by atoms with Crippen molar-refractivity contribution in [2.24, 2.45) is 10.8 Å². The molecule has 2 amide bonds. The van der Waals surface area contributed by atoms with E-state index in [4.69, 9.17) is 0 Å². The van der Waals surface area contributed by atoms with Crippen LogP contribution in [0.3, 0.4) is 0 Å². The van der Waals surface area contributed by atoms with Gasteiger partial charge < -0.3 is 10.2 Å². The Morgan fingerprint density at radius 1 is 1.00 bits per heavy atom. The van der Waals surface area contributed by atoms with E-state index in [1.165, 1.54) is 11.1 Å². The maximum atomic E-state index is 13.3. The number of carbonyl (C=O) groups excluding carboxylic acids is 2. The molecule has 1 saturated carbocycles. The summed E-state index contributed by atoms with van der Waals surface area (Å²) >= 11 is 0. The van der Waals surface area contributed by atoms with E-state index in [0.29, 0.717) is 32.0 Å². The molecule has 1 atom stereocenters. The summed E-state index contributed by atoms with van der Waals surface area (Å²) in [5, 5.41) is 3.22. The lowest BCUT2D eigenvalue weighted by Crippen LogP contribution is -2.47. The molecule has 0 spiro atoms. The second-order valence-corrected chi connectivity index (χ2v) is 9.99. The van der Waals surface area contributed by atoms with Gasteiger partial charge in [0.1, 0.15) is 0 Å². The van der Waals surface area contributed by atoms with Crippen LogP contribution in [0.2, 0.25) is 0 Å². The van der Waals surface area contributed by atoms with Crippen LogP contribution in [0.15, 0.2) is 54.6 Å². The number of hydrogen-bond donors (Lipinski definition) is 1. The van der Waals surface area contributed by atoms with Crippen molar-refractivity contribution in [1.29, 1.82) is 0 Å². The van der Waals surface area contributed by atoms with Crippen molar-refractivity contribution < 1.29 is 9.59 Å². The first-order valence-corrected chi connectivity index (χ1v) is 11.0. The molecular weight excluding hydrogens is 372 g/mol. The van der Waals surface area contributed by atoms with Crippen LogP contribution in [0.25, 0.3) is 11.1 Å². The Balaban J connectivity index is 1.55. The minimum Gasteiger partial charge on any atom is -0.353 e. The third kappa shape index (κ3) is 4.43. The zero-order chi connectivity index (χ0) is 21.4. The highest BCUT2D eigenvalue weighted by atomic mass is 16.2. The van der Waals surface area contributed by atoms with Gasteiger partial charge in [-0.15, -0.1) is 0 Å². The molecule has 4 heteroatoms. The molecule has 2 fully saturated rings. The third-order valence-electron chi connectivity index (χ3n) is 6.28. The SMILES string of the molecule is CC(C)(C)C(=O)N1CC[C@](Cc2ccc(-c3ccccc3)cc2)(C(=O)NC2CC2)C1. The van der Waals surface area contributed by atoms with Crippen molar-refractivity contribution in [3.8, 4) is 11.1 Å². The Hall–Kier alpha value is -2.62. The van der Waals surface area contributed by atoms with E-state index < -0.39 is 10.8 Å². The lowest BCUT2D eigenvalue weighted by molar-refractivity contribution is -0.139. The van der Waals surface area contributed by atoms with Gasteiger partial charge >= 0.3 is 0 Å². The van der Waals surface area contributed by atoms with Crippen molar-refractivity contribution in [1.82, 2.24) is 10.2 Å². The lowest BCUT2D eigenvalue weighted by atomic mass is 9.79. The van der Waals surface area contributed by atoms with Crippen molar-refractivity contribution in [2.75, 3.05) is 13.1 Å². The summed E-state index contributed by atoms with van der Waals surface area (Å²) in [6.45, 7) is 6.99. The van der Waals surface area contributed by atoms with Crippen LogP contribution in [0.4, 0.5) is 0 Å². The summed E-state index contributed by atoms with van der Waals surface area (Å²) in [5.74, 6) is 0.240. The molecule has 4 rings (SSSR count). The number of carbonyl (C=O) groups is 2. The number of hydrogen-bond acceptors (Lipinski definition) is 2. The van der Waals surface area contributed by atoms with Crippen LogP contribution in [-0.2, 0) is 16.0 Å². The summed E-state index contributed by atoms with van der Waals surface area (Å²) in [7, 11) is 0. The predicted octanol–water partition coefficient (Wildman–Crippen LogP) is 4.44. The molecule has 4 nitrogen and oxygen atoms in total. The Labute approximate surface area is 179 Å². The van der Waals surface area contributed by atoms with Crippen LogP contribution >= 0.6 is 0 Å². The average Bonchev–Trinajstić information content (AvgIpc) is 3.44. The topological polar surface area (TPSA) is 49.4 Å². The van der Waals surface area contributed by atoms with E-state index in [9.17, 15) is 9.59 Å². The average molecular weight is 405 g/mol. The van der Waals surface area contributed by atoms with Crippen LogP contribution < -0.4 is 5.32 Å². The van der Waals surface area contributed by atoms with Crippen LogP contribution in [0.5, 0.6) is 0 Å². The van der Waals surface area contributed by atoms with E-state index in [0.717, 1.165) is 18.4 Å². The first-order valence-electron chi connectivity index (χ1n) is 11.0. The Bertz CT molecular complexity index is 910. The van der Waals surface area contributed by atoms with Gasteiger partial charge in [-0.25, -0.2) is 0 Å². The molecule has 30 heavy (non-hydrogen) atoms. The number of benzene rings is 2. The number of rotatable bonds is 5. The Morgan fingerprint density at radius 3 is 2.23 bits per heavy atom. The molecule has 2 aromatic rings. The second-order valence-electron chi connectivity index (χ2n) is 9.99. The summed E-state index contributed by atoms with van der Waals surface area (Å²) in [4.78, 5) is 28.0. The van der Waals surface area contributed by atoms with Crippen LogP contribution in [0, 0.1) is 10.8 Å². The van der Waals surface area contributed by atoms with Crippen LogP contribution in [-0.4, -0.2) is 35.8 Å². The van der Waals surface area contributed by atoms with Crippen LogP contribution in [0.1, 0.15) is 45.6 Å². The minimum atomic E-state index is -0.544. The van der Waals surface area contributed by atoms with Gasteiger partial charge in [0, 0.05) is 24.5 Å². The largest absolute Gasteiger partial charge is 0.353 e. The van der Waals surface area contributed by atoms with E-state index >= 15 is 0 Å². The molecule has 2 aliphatic rings. The maximum absolute atomic E-state index is 13.3. The molecule has 1 N–H and O–H groups in total. The summed E-state index contributed by atoms with van der Waals surface area (Å²) in [6, 6.07) is 19.1. The highest BCUT2D eigenvalue weighted by Crippen LogP contribution is 2.38. The fourth-order valence-electron chi connectivity index (χ4n) is 4.33. The molecule has 1 aliphatic carbocycles. The van der Waals surface area contributed by atoms with E-state index in [1.807, 2.05) is 43.9 Å². The van der Waals surface area contributed by atoms with Crippen molar-refractivity contribution in [3.05, 3.63) is 60.2 Å². The zero-order valence-electron chi connectivity index (χ0n) is 18.3. The minimum absolute atomic E-state index is 0.112. The first kappa shape index (κ1) is 20.6. The molecule has 1 saturated heterocycles. The molecule has 0 radical (unpaired) electrons. The standard InChI is InChI=1S/C26H32N2O2/c1-25(2,3)24(30)28-16-15-26(18-28,23(29)27-22-13-14-22)17-19-9-11-21(12-10-19)20-7-5-4-6-8-20/h4-12,22H,13-18H2,1-3H3,(H,27,29)/t26-/m1/s1. The summed E-state index contributed by atoms with van der Waals surface area (Å²) in [5.41, 5.74) is 2.53. The fraction of sp³-hybridized carbons (Fsp3) is 0.462.